The Morgan fingerprint density at radius 1 is 1.06 bits per heavy atom. The molecule has 0 spiro atoms. The number of carbonyl (C=O) groups excluding carboxylic acids is 1. The van der Waals surface area contributed by atoms with Gasteiger partial charge in [-0.1, -0.05) is 35.9 Å². The van der Waals surface area contributed by atoms with Crippen molar-refractivity contribution in [1.29, 1.82) is 0 Å². The van der Waals surface area contributed by atoms with Crippen LogP contribution in [0.1, 0.15) is 10.4 Å². The van der Waals surface area contributed by atoms with Crippen molar-refractivity contribution in [3.63, 3.8) is 0 Å². The average Bonchev–Trinajstić information content (AvgIpc) is 3.26. The third-order valence-corrected chi connectivity index (χ3v) is 6.76. The van der Waals surface area contributed by atoms with Crippen molar-refractivity contribution in [2.75, 3.05) is 17.6 Å². The maximum Gasteiger partial charge on any atom is 0.345 e. The molecule has 1 aliphatic rings. The molecule has 0 saturated carbocycles. The number of anilines is 1. The highest BCUT2D eigenvalue weighted by Gasteiger charge is 2.26. The molecule has 164 valence electrons. The SMILES string of the molecule is C=CCN(c1ccccc1)S(=O)(=O)c1ccc(Cl)c(C(=O)Oc2ccc3c(c2)OCO3)c1. The van der Waals surface area contributed by atoms with E-state index in [1.54, 1.807) is 42.5 Å². The van der Waals surface area contributed by atoms with E-state index >= 15 is 0 Å². The molecule has 7 nitrogen and oxygen atoms in total. The van der Waals surface area contributed by atoms with Gasteiger partial charge in [0.15, 0.2) is 11.5 Å². The van der Waals surface area contributed by atoms with Gasteiger partial charge in [-0.2, -0.15) is 0 Å². The van der Waals surface area contributed by atoms with Gasteiger partial charge in [0.25, 0.3) is 10.0 Å². The fraction of sp³-hybridized carbons (Fsp3) is 0.0870. The number of sulfonamides is 1. The Bertz CT molecular complexity index is 1280. The number of benzene rings is 3. The van der Waals surface area contributed by atoms with Gasteiger partial charge in [-0.3, -0.25) is 4.31 Å². The topological polar surface area (TPSA) is 82.1 Å². The van der Waals surface area contributed by atoms with Gasteiger partial charge >= 0.3 is 5.97 Å². The molecule has 9 heteroatoms. The molecular formula is C23H18ClNO6S. The fourth-order valence-corrected chi connectivity index (χ4v) is 4.76. The van der Waals surface area contributed by atoms with Crippen LogP contribution in [0.25, 0.3) is 0 Å². The maximum absolute atomic E-state index is 13.3. The van der Waals surface area contributed by atoms with Crippen LogP contribution in [0.4, 0.5) is 5.69 Å². The van der Waals surface area contributed by atoms with Crippen LogP contribution in [0.2, 0.25) is 5.02 Å². The lowest BCUT2D eigenvalue weighted by atomic mass is 10.2. The number of nitrogens with zero attached hydrogens (tertiary/aromatic N) is 1. The van der Waals surface area contributed by atoms with Gasteiger partial charge in [-0.15, -0.1) is 6.58 Å². The Balaban J connectivity index is 1.65. The third kappa shape index (κ3) is 4.28. The molecule has 0 radical (unpaired) electrons. The van der Waals surface area contributed by atoms with E-state index in [1.807, 2.05) is 0 Å². The van der Waals surface area contributed by atoms with Crippen molar-refractivity contribution in [3.05, 3.63) is 90.0 Å². The third-order valence-electron chi connectivity index (χ3n) is 4.64. The molecule has 4 rings (SSSR count). The second-order valence-electron chi connectivity index (χ2n) is 6.71. The molecule has 0 unspecified atom stereocenters. The predicted octanol–water partition coefficient (Wildman–Crippen LogP) is 4.67. The van der Waals surface area contributed by atoms with E-state index in [4.69, 9.17) is 25.8 Å². The first-order valence-electron chi connectivity index (χ1n) is 9.50. The average molecular weight is 472 g/mol. The number of hydrogen-bond acceptors (Lipinski definition) is 6. The first-order valence-corrected chi connectivity index (χ1v) is 11.3. The number of rotatable bonds is 7. The van der Waals surface area contributed by atoms with Gasteiger partial charge in [-0.25, -0.2) is 13.2 Å². The maximum atomic E-state index is 13.3. The highest BCUT2D eigenvalue weighted by molar-refractivity contribution is 7.92. The Morgan fingerprint density at radius 3 is 2.56 bits per heavy atom. The second kappa shape index (κ2) is 8.94. The van der Waals surface area contributed by atoms with E-state index in [0.29, 0.717) is 17.2 Å². The molecular weight excluding hydrogens is 454 g/mol. The van der Waals surface area contributed by atoms with Crippen molar-refractivity contribution < 1.29 is 27.4 Å². The van der Waals surface area contributed by atoms with Crippen molar-refractivity contribution in [2.45, 2.75) is 4.90 Å². The van der Waals surface area contributed by atoms with Crippen LogP contribution in [0, 0.1) is 0 Å². The normalized spacial score (nSPS) is 12.3. The highest BCUT2D eigenvalue weighted by atomic mass is 35.5. The lowest BCUT2D eigenvalue weighted by Gasteiger charge is -2.23. The Morgan fingerprint density at radius 2 is 1.81 bits per heavy atom. The zero-order valence-electron chi connectivity index (χ0n) is 16.7. The predicted molar refractivity (Wildman–Crippen MR) is 120 cm³/mol. The van der Waals surface area contributed by atoms with Crippen LogP contribution in [-0.2, 0) is 10.0 Å². The van der Waals surface area contributed by atoms with Gasteiger partial charge in [0.1, 0.15) is 5.75 Å². The van der Waals surface area contributed by atoms with Crippen molar-refractivity contribution in [3.8, 4) is 17.2 Å². The molecule has 3 aromatic carbocycles. The molecule has 32 heavy (non-hydrogen) atoms. The van der Waals surface area contributed by atoms with Crippen molar-refractivity contribution in [2.24, 2.45) is 0 Å². The Hall–Kier alpha value is -3.49. The monoisotopic (exact) mass is 471 g/mol. The molecule has 0 aromatic heterocycles. The zero-order valence-corrected chi connectivity index (χ0v) is 18.3. The number of para-hydroxylation sites is 1. The molecule has 0 atom stereocenters. The summed E-state index contributed by atoms with van der Waals surface area (Å²) < 4.78 is 43.8. The lowest BCUT2D eigenvalue weighted by Crippen LogP contribution is -2.31. The standard InChI is InChI=1S/C23H18ClNO6S/c1-2-12-25(16-6-4-3-5-7-16)32(27,28)18-9-10-20(24)19(14-18)23(26)31-17-8-11-21-22(13-17)30-15-29-21/h2-11,13-14H,1,12,15H2. The first kappa shape index (κ1) is 21.7. The van der Waals surface area contributed by atoms with Gasteiger partial charge < -0.3 is 14.2 Å². The van der Waals surface area contributed by atoms with E-state index in [9.17, 15) is 13.2 Å². The first-order chi connectivity index (χ1) is 15.4. The van der Waals surface area contributed by atoms with Crippen LogP contribution < -0.4 is 18.5 Å². The summed E-state index contributed by atoms with van der Waals surface area (Å²) in [6, 6.07) is 17.2. The van der Waals surface area contributed by atoms with Gasteiger partial charge in [0.2, 0.25) is 6.79 Å². The fourth-order valence-electron chi connectivity index (χ4n) is 3.10. The van der Waals surface area contributed by atoms with Crippen molar-refractivity contribution in [1.82, 2.24) is 0 Å². The molecule has 0 bridgehead atoms. The second-order valence-corrected chi connectivity index (χ2v) is 8.98. The van der Waals surface area contributed by atoms with Gasteiger partial charge in [0.05, 0.1) is 27.7 Å². The van der Waals surface area contributed by atoms with Crippen molar-refractivity contribution >= 4 is 33.3 Å². The van der Waals surface area contributed by atoms with E-state index in [2.05, 4.69) is 6.58 Å². The molecule has 0 aliphatic carbocycles. The molecule has 0 N–H and O–H groups in total. The number of esters is 1. The molecule has 1 heterocycles. The van der Waals surface area contributed by atoms with E-state index in [1.165, 1.54) is 34.6 Å². The van der Waals surface area contributed by atoms with E-state index < -0.39 is 16.0 Å². The lowest BCUT2D eigenvalue weighted by molar-refractivity contribution is 0.0734. The summed E-state index contributed by atoms with van der Waals surface area (Å²) in [5.41, 5.74) is 0.379. The summed E-state index contributed by atoms with van der Waals surface area (Å²) in [7, 11) is -4.01. The summed E-state index contributed by atoms with van der Waals surface area (Å²) in [5, 5.41) is 0.0599. The van der Waals surface area contributed by atoms with Crippen LogP contribution in [-0.4, -0.2) is 27.7 Å². The summed E-state index contributed by atoms with van der Waals surface area (Å²) >= 11 is 6.19. The minimum atomic E-state index is -4.01. The summed E-state index contributed by atoms with van der Waals surface area (Å²) in [5.74, 6) is 0.391. The summed E-state index contributed by atoms with van der Waals surface area (Å²) in [6.07, 6.45) is 1.48. The molecule has 3 aromatic rings. The Kier molecular flexibility index (Phi) is 6.07. The molecule has 0 saturated heterocycles. The smallest absolute Gasteiger partial charge is 0.345 e. The minimum Gasteiger partial charge on any atom is -0.454 e. The summed E-state index contributed by atoms with van der Waals surface area (Å²) in [6.45, 7) is 3.78. The number of ether oxygens (including phenoxy) is 3. The van der Waals surface area contributed by atoms with E-state index in [-0.39, 0.29) is 34.6 Å². The highest BCUT2D eigenvalue weighted by Crippen LogP contribution is 2.35. The molecule has 1 aliphatic heterocycles. The quantitative estimate of drug-likeness (QED) is 0.283. The number of fused-ring (bicyclic) bond motifs is 1. The summed E-state index contributed by atoms with van der Waals surface area (Å²) in [4.78, 5) is 12.7. The van der Waals surface area contributed by atoms with Crippen LogP contribution in [0.5, 0.6) is 17.2 Å². The minimum absolute atomic E-state index is 0.0476. The van der Waals surface area contributed by atoms with Gasteiger partial charge in [0, 0.05) is 6.07 Å². The van der Waals surface area contributed by atoms with Crippen LogP contribution in [0.3, 0.4) is 0 Å². The van der Waals surface area contributed by atoms with Crippen LogP contribution in [0.15, 0.2) is 84.3 Å². The number of carbonyl (C=O) groups is 1. The number of halogens is 1. The molecule has 0 amide bonds. The van der Waals surface area contributed by atoms with Gasteiger partial charge in [-0.05, 0) is 42.5 Å². The van der Waals surface area contributed by atoms with Crippen LogP contribution >= 0.6 is 11.6 Å². The largest absolute Gasteiger partial charge is 0.454 e. The zero-order chi connectivity index (χ0) is 22.7. The number of hydrogen-bond donors (Lipinski definition) is 0. The van der Waals surface area contributed by atoms with E-state index in [0.717, 1.165) is 0 Å². The molecule has 0 fully saturated rings. The Labute approximate surface area is 190 Å².